The van der Waals surface area contributed by atoms with Crippen molar-refractivity contribution in [1.82, 2.24) is 10.2 Å². The largest absolute Gasteiger partial charge is 0.393 e. The fourth-order valence-corrected chi connectivity index (χ4v) is 8.54. The van der Waals surface area contributed by atoms with Crippen molar-refractivity contribution >= 4 is 11.8 Å². The van der Waals surface area contributed by atoms with Gasteiger partial charge in [-0.1, -0.05) is 59.0 Å². The summed E-state index contributed by atoms with van der Waals surface area (Å²) in [6.45, 7) is 7.54. The van der Waals surface area contributed by atoms with Crippen molar-refractivity contribution in [2.45, 2.75) is 104 Å². The third-order valence-corrected chi connectivity index (χ3v) is 10.2. The number of aliphatic hydroxyl groups excluding tert-OH is 1. The van der Waals surface area contributed by atoms with Crippen molar-refractivity contribution in [2.24, 2.45) is 34.5 Å². The summed E-state index contributed by atoms with van der Waals surface area (Å²) < 4.78 is 0. The SMILES string of the molecule is CCCCCCCCNC(=O)C1CC[C@H]2[C@@H]3CCC4N(C)C(=O)C=C[C@]4(C)[C@@H]3C(O)C[C@]12C. The van der Waals surface area contributed by atoms with Crippen LogP contribution in [-0.2, 0) is 9.59 Å². The molecule has 1 heterocycles. The van der Waals surface area contributed by atoms with Crippen LogP contribution < -0.4 is 5.32 Å². The Morgan fingerprint density at radius 1 is 1.12 bits per heavy atom. The molecule has 4 rings (SSSR count). The third kappa shape index (κ3) is 4.28. The molecule has 0 saturated heterocycles. The number of carbonyl (C=O) groups is 2. The molecule has 0 aromatic carbocycles. The van der Waals surface area contributed by atoms with Crippen LogP contribution in [0, 0.1) is 34.5 Å². The van der Waals surface area contributed by atoms with Crippen molar-refractivity contribution in [1.29, 1.82) is 0 Å². The molecule has 0 radical (unpaired) electrons. The Bertz CT molecular complexity index is 766. The van der Waals surface area contributed by atoms with Crippen LogP contribution in [0.1, 0.15) is 91.4 Å². The Hall–Kier alpha value is -1.36. The van der Waals surface area contributed by atoms with E-state index in [9.17, 15) is 14.7 Å². The molecule has 3 fully saturated rings. The molecule has 2 N–H and O–H groups in total. The fourth-order valence-electron chi connectivity index (χ4n) is 8.54. The second kappa shape index (κ2) is 9.71. The molecular formula is C28H46N2O3. The highest BCUT2D eigenvalue weighted by atomic mass is 16.3. The molecule has 3 saturated carbocycles. The first kappa shape index (κ1) is 24.8. The van der Waals surface area contributed by atoms with Gasteiger partial charge in [0.25, 0.3) is 0 Å². The topological polar surface area (TPSA) is 69.6 Å². The number of nitrogens with zero attached hydrogens (tertiary/aromatic N) is 1. The first-order valence-electron chi connectivity index (χ1n) is 13.7. The second-order valence-electron chi connectivity index (χ2n) is 12.0. The van der Waals surface area contributed by atoms with Crippen molar-refractivity contribution in [2.75, 3.05) is 13.6 Å². The van der Waals surface area contributed by atoms with Crippen LogP contribution in [0.25, 0.3) is 0 Å². The average Bonchev–Trinajstić information content (AvgIpc) is 3.12. The highest BCUT2D eigenvalue weighted by Gasteiger charge is 2.64. The van der Waals surface area contributed by atoms with Gasteiger partial charge in [-0.15, -0.1) is 0 Å². The van der Waals surface area contributed by atoms with E-state index in [1.165, 1.54) is 32.1 Å². The zero-order valence-electron chi connectivity index (χ0n) is 21.3. The molecule has 5 nitrogen and oxygen atoms in total. The van der Waals surface area contributed by atoms with E-state index in [1.54, 1.807) is 6.08 Å². The van der Waals surface area contributed by atoms with Crippen LogP contribution in [0.4, 0.5) is 0 Å². The van der Waals surface area contributed by atoms with E-state index in [1.807, 2.05) is 11.9 Å². The molecule has 186 valence electrons. The molecule has 0 aromatic rings. The fraction of sp³-hybridized carbons (Fsp3) is 0.857. The van der Waals surface area contributed by atoms with Crippen LogP contribution in [0.3, 0.4) is 0 Å². The van der Waals surface area contributed by atoms with E-state index in [2.05, 4.69) is 32.2 Å². The Morgan fingerprint density at radius 3 is 2.61 bits per heavy atom. The summed E-state index contributed by atoms with van der Waals surface area (Å²) >= 11 is 0. The molecule has 3 aliphatic carbocycles. The zero-order valence-corrected chi connectivity index (χ0v) is 21.3. The van der Waals surface area contributed by atoms with Crippen molar-refractivity contribution in [3.05, 3.63) is 12.2 Å². The number of amides is 2. The molecule has 5 heteroatoms. The molecule has 0 bridgehead atoms. The minimum absolute atomic E-state index is 0.00914. The van der Waals surface area contributed by atoms with E-state index in [0.29, 0.717) is 18.3 Å². The van der Waals surface area contributed by atoms with Crippen LogP contribution >= 0.6 is 0 Å². The van der Waals surface area contributed by atoms with Crippen LogP contribution in [0.15, 0.2) is 12.2 Å². The van der Waals surface area contributed by atoms with E-state index < -0.39 is 6.10 Å². The predicted molar refractivity (Wildman–Crippen MR) is 131 cm³/mol. The van der Waals surface area contributed by atoms with E-state index >= 15 is 0 Å². The molecular weight excluding hydrogens is 412 g/mol. The van der Waals surface area contributed by atoms with Crippen molar-refractivity contribution in [3.8, 4) is 0 Å². The maximum Gasteiger partial charge on any atom is 0.246 e. The Kier molecular flexibility index (Phi) is 7.29. The molecule has 0 aromatic heterocycles. The number of carbonyl (C=O) groups excluding carboxylic acids is 2. The molecule has 4 aliphatic rings. The average molecular weight is 459 g/mol. The molecule has 1 aliphatic heterocycles. The maximum absolute atomic E-state index is 13.2. The van der Waals surface area contributed by atoms with E-state index in [0.717, 1.165) is 38.6 Å². The summed E-state index contributed by atoms with van der Waals surface area (Å²) in [5.41, 5.74) is -0.320. The van der Waals surface area contributed by atoms with Gasteiger partial charge in [0.15, 0.2) is 0 Å². The lowest BCUT2D eigenvalue weighted by molar-refractivity contribution is -0.163. The maximum atomic E-state index is 13.2. The highest BCUT2D eigenvalue weighted by molar-refractivity contribution is 5.89. The Labute approximate surface area is 200 Å². The number of unbranched alkanes of at least 4 members (excludes halogenated alkanes) is 5. The van der Waals surface area contributed by atoms with Crippen molar-refractivity contribution in [3.63, 3.8) is 0 Å². The van der Waals surface area contributed by atoms with Gasteiger partial charge in [-0.25, -0.2) is 0 Å². The minimum atomic E-state index is -0.428. The van der Waals surface area contributed by atoms with Gasteiger partial charge in [-0.3, -0.25) is 9.59 Å². The summed E-state index contributed by atoms with van der Waals surface area (Å²) in [7, 11) is 1.91. The number of rotatable bonds is 8. The number of aliphatic hydroxyl groups is 1. The van der Waals surface area contributed by atoms with Gasteiger partial charge in [-0.2, -0.15) is 0 Å². The lowest BCUT2D eigenvalue weighted by Gasteiger charge is -2.61. The molecule has 33 heavy (non-hydrogen) atoms. The van der Waals surface area contributed by atoms with Gasteiger partial charge < -0.3 is 15.3 Å². The number of hydrogen-bond donors (Lipinski definition) is 2. The minimum Gasteiger partial charge on any atom is -0.393 e. The molecule has 3 unspecified atom stereocenters. The van der Waals surface area contributed by atoms with Gasteiger partial charge in [0.1, 0.15) is 0 Å². The monoisotopic (exact) mass is 458 g/mol. The Balaban J connectivity index is 1.42. The van der Waals surface area contributed by atoms with Gasteiger partial charge in [0, 0.05) is 31.0 Å². The summed E-state index contributed by atoms with van der Waals surface area (Å²) in [4.78, 5) is 27.4. The quantitative estimate of drug-likeness (QED) is 0.519. The predicted octanol–water partition coefficient (Wildman–Crippen LogP) is 4.69. The van der Waals surface area contributed by atoms with Gasteiger partial charge in [-0.05, 0) is 67.8 Å². The van der Waals surface area contributed by atoms with Crippen LogP contribution in [0.5, 0.6) is 0 Å². The van der Waals surface area contributed by atoms with Gasteiger partial charge >= 0.3 is 0 Å². The molecule has 2 amide bonds. The first-order valence-corrected chi connectivity index (χ1v) is 13.7. The highest BCUT2D eigenvalue weighted by Crippen LogP contribution is 2.65. The number of nitrogens with one attached hydrogen (secondary N) is 1. The summed E-state index contributed by atoms with van der Waals surface area (Å²) in [6, 6.07) is 0.160. The lowest BCUT2D eigenvalue weighted by Crippen LogP contribution is -2.63. The normalized spacial score (nSPS) is 42.0. The summed E-state index contributed by atoms with van der Waals surface area (Å²) in [5.74, 6) is 1.35. The Morgan fingerprint density at radius 2 is 1.85 bits per heavy atom. The van der Waals surface area contributed by atoms with E-state index in [-0.39, 0.29) is 40.5 Å². The van der Waals surface area contributed by atoms with Gasteiger partial charge in [0.2, 0.25) is 11.8 Å². The summed E-state index contributed by atoms with van der Waals surface area (Å²) in [6.07, 6.45) is 15.5. The van der Waals surface area contributed by atoms with Crippen molar-refractivity contribution < 1.29 is 14.7 Å². The standard InChI is InChI=1S/C28H46N2O3/c1-5-6-7-8-9-10-17-29-26(33)21-13-12-20-19-11-14-23-27(2,16-15-24(32)30(23)4)25(19)22(31)18-28(20,21)3/h15-16,19-23,25,31H,5-14,17-18H2,1-4H3,(H,29,33)/t19-,20-,21?,22?,23?,25-,27-,28-/m0/s1. The number of fused-ring (bicyclic) bond motifs is 5. The molecule has 0 spiro atoms. The number of hydrogen-bond acceptors (Lipinski definition) is 3. The summed E-state index contributed by atoms with van der Waals surface area (Å²) in [5, 5.41) is 14.8. The smallest absolute Gasteiger partial charge is 0.246 e. The van der Waals surface area contributed by atoms with Crippen LogP contribution in [0.2, 0.25) is 0 Å². The lowest BCUT2D eigenvalue weighted by atomic mass is 9.46. The van der Waals surface area contributed by atoms with Gasteiger partial charge in [0.05, 0.1) is 6.10 Å². The molecule has 8 atom stereocenters. The third-order valence-electron chi connectivity index (χ3n) is 10.2. The second-order valence-corrected chi connectivity index (χ2v) is 12.0. The number of likely N-dealkylation sites (N-methyl/N-ethyl adjacent to an activating group) is 1. The van der Waals surface area contributed by atoms with E-state index in [4.69, 9.17) is 0 Å². The zero-order chi connectivity index (χ0) is 23.8. The van der Waals surface area contributed by atoms with Crippen LogP contribution in [-0.4, -0.2) is 47.6 Å². The first-order chi connectivity index (χ1) is 15.7.